The summed E-state index contributed by atoms with van der Waals surface area (Å²) in [6.45, 7) is 4.37. The van der Waals surface area contributed by atoms with Gasteiger partial charge in [0.25, 0.3) is 5.91 Å². The Balaban J connectivity index is 1.27. The van der Waals surface area contributed by atoms with Gasteiger partial charge >= 0.3 is 0 Å². The van der Waals surface area contributed by atoms with E-state index in [9.17, 15) is 4.79 Å². The van der Waals surface area contributed by atoms with E-state index in [4.69, 9.17) is 4.74 Å². The van der Waals surface area contributed by atoms with Crippen LogP contribution < -0.4 is 10.2 Å². The molecule has 0 bridgehead atoms. The first-order valence-corrected chi connectivity index (χ1v) is 9.56. The maximum atomic E-state index is 12.4. The monoisotopic (exact) mass is 367 g/mol. The molecule has 1 aromatic heterocycles. The van der Waals surface area contributed by atoms with Gasteiger partial charge in [-0.1, -0.05) is 30.3 Å². The number of hydrogen-bond donors (Lipinski definition) is 1. The number of amides is 1. The molecule has 0 spiro atoms. The summed E-state index contributed by atoms with van der Waals surface area (Å²) >= 11 is 0. The molecule has 1 aromatic carbocycles. The molecule has 2 fully saturated rings. The minimum Gasteiger partial charge on any atom is -0.368 e. The molecule has 2 aliphatic rings. The van der Waals surface area contributed by atoms with E-state index in [1.807, 2.05) is 35.2 Å². The lowest BCUT2D eigenvalue weighted by molar-refractivity contribution is -0.141. The van der Waals surface area contributed by atoms with Crippen LogP contribution in [0.25, 0.3) is 0 Å². The van der Waals surface area contributed by atoms with Gasteiger partial charge in [-0.25, -0.2) is 0 Å². The van der Waals surface area contributed by atoms with Gasteiger partial charge in [0.05, 0.1) is 0 Å². The molecule has 142 valence electrons. The molecule has 7 nitrogen and oxygen atoms in total. The van der Waals surface area contributed by atoms with E-state index < -0.39 is 0 Å². The number of ether oxygens (including phenoxy) is 1. The first kappa shape index (κ1) is 17.7. The van der Waals surface area contributed by atoms with E-state index in [0.29, 0.717) is 19.7 Å². The average Bonchev–Trinajstić information content (AvgIpc) is 3.28. The summed E-state index contributed by atoms with van der Waals surface area (Å²) in [5.41, 5.74) is 1.20. The zero-order chi connectivity index (χ0) is 18.5. The topological polar surface area (TPSA) is 70.6 Å². The molecule has 0 aliphatic carbocycles. The predicted molar refractivity (Wildman–Crippen MR) is 104 cm³/mol. The number of piperazine rings is 1. The third kappa shape index (κ3) is 4.36. The predicted octanol–water partition coefficient (Wildman–Crippen LogP) is 1.92. The highest BCUT2D eigenvalue weighted by atomic mass is 16.5. The minimum absolute atomic E-state index is 0.138. The fourth-order valence-electron chi connectivity index (χ4n) is 3.51. The van der Waals surface area contributed by atoms with Crippen molar-refractivity contribution in [2.75, 3.05) is 43.0 Å². The molecule has 3 heterocycles. The van der Waals surface area contributed by atoms with Gasteiger partial charge in [0.1, 0.15) is 11.9 Å². The van der Waals surface area contributed by atoms with Crippen LogP contribution in [-0.4, -0.2) is 59.9 Å². The van der Waals surface area contributed by atoms with Crippen molar-refractivity contribution in [1.82, 2.24) is 15.1 Å². The molecule has 2 aliphatic heterocycles. The summed E-state index contributed by atoms with van der Waals surface area (Å²) in [5.74, 6) is 1.75. The maximum absolute atomic E-state index is 12.4. The number of benzene rings is 1. The van der Waals surface area contributed by atoms with Crippen molar-refractivity contribution < 1.29 is 9.53 Å². The van der Waals surface area contributed by atoms with Crippen LogP contribution in [0.4, 0.5) is 11.6 Å². The fraction of sp³-hybridized carbons (Fsp3) is 0.450. The number of anilines is 2. The third-order valence-corrected chi connectivity index (χ3v) is 5.09. The zero-order valence-electron chi connectivity index (χ0n) is 15.4. The molecule has 1 N–H and O–H groups in total. The molecule has 1 amide bonds. The number of carbonyl (C=O) groups is 1. The Bertz CT molecular complexity index is 739. The molecule has 0 radical (unpaired) electrons. The number of hydrogen-bond acceptors (Lipinski definition) is 6. The summed E-state index contributed by atoms with van der Waals surface area (Å²) in [6.07, 6.45) is 1.60. The largest absolute Gasteiger partial charge is 0.368 e. The van der Waals surface area contributed by atoms with Crippen LogP contribution in [0, 0.1) is 0 Å². The van der Waals surface area contributed by atoms with Crippen LogP contribution >= 0.6 is 0 Å². The van der Waals surface area contributed by atoms with E-state index in [0.717, 1.165) is 44.1 Å². The summed E-state index contributed by atoms with van der Waals surface area (Å²) in [6, 6.07) is 14.1. The van der Waals surface area contributed by atoms with Gasteiger partial charge in [-0.05, 0) is 30.5 Å². The van der Waals surface area contributed by atoms with Crippen LogP contribution in [0.1, 0.15) is 18.4 Å². The van der Waals surface area contributed by atoms with Gasteiger partial charge in [0.2, 0.25) is 0 Å². The molecule has 1 atom stereocenters. The van der Waals surface area contributed by atoms with Crippen molar-refractivity contribution in [2.45, 2.75) is 25.5 Å². The molecule has 1 unspecified atom stereocenters. The van der Waals surface area contributed by atoms with Crippen molar-refractivity contribution in [1.29, 1.82) is 0 Å². The number of carbonyl (C=O) groups excluding carboxylic acids is 1. The van der Waals surface area contributed by atoms with Crippen LogP contribution in [0.15, 0.2) is 42.5 Å². The molecule has 4 rings (SSSR count). The summed E-state index contributed by atoms with van der Waals surface area (Å²) in [5, 5.41) is 11.9. The number of nitrogens with one attached hydrogen (secondary N) is 1. The Morgan fingerprint density at radius 3 is 2.56 bits per heavy atom. The van der Waals surface area contributed by atoms with E-state index >= 15 is 0 Å². The second kappa shape index (κ2) is 8.35. The molecule has 2 aromatic rings. The summed E-state index contributed by atoms with van der Waals surface area (Å²) < 4.78 is 5.51. The highest BCUT2D eigenvalue weighted by Gasteiger charge is 2.30. The van der Waals surface area contributed by atoms with Crippen LogP contribution in [0.5, 0.6) is 0 Å². The van der Waals surface area contributed by atoms with Crippen molar-refractivity contribution in [3.63, 3.8) is 0 Å². The third-order valence-electron chi connectivity index (χ3n) is 5.09. The van der Waals surface area contributed by atoms with Crippen LogP contribution in [0.3, 0.4) is 0 Å². The Morgan fingerprint density at radius 1 is 1.07 bits per heavy atom. The van der Waals surface area contributed by atoms with Gasteiger partial charge in [-0.15, -0.1) is 10.2 Å². The van der Waals surface area contributed by atoms with Crippen LogP contribution in [-0.2, 0) is 16.1 Å². The Labute approximate surface area is 159 Å². The van der Waals surface area contributed by atoms with Crippen molar-refractivity contribution in [3.8, 4) is 0 Å². The quantitative estimate of drug-likeness (QED) is 0.871. The highest BCUT2D eigenvalue weighted by molar-refractivity contribution is 5.81. The van der Waals surface area contributed by atoms with Gasteiger partial charge in [0.15, 0.2) is 5.82 Å². The Hall–Kier alpha value is -2.67. The van der Waals surface area contributed by atoms with Gasteiger partial charge in [0, 0.05) is 39.3 Å². The summed E-state index contributed by atoms with van der Waals surface area (Å²) in [7, 11) is 0. The minimum atomic E-state index is -0.230. The van der Waals surface area contributed by atoms with Gasteiger partial charge in [-0.2, -0.15) is 0 Å². The lowest BCUT2D eigenvalue weighted by Crippen LogP contribution is -2.51. The van der Waals surface area contributed by atoms with E-state index in [1.54, 1.807) is 0 Å². The normalized spacial score (nSPS) is 19.9. The van der Waals surface area contributed by atoms with E-state index in [-0.39, 0.29) is 12.0 Å². The standard InChI is InChI=1S/C20H25N5O2/c26-20(17-7-4-14-27-17)25-12-10-24(11-13-25)19-9-8-18(22-23-19)21-15-16-5-2-1-3-6-16/h1-3,5-6,8-9,17H,4,7,10-15H2,(H,21,22). The lowest BCUT2D eigenvalue weighted by atomic mass is 10.2. The molecule has 2 saturated heterocycles. The number of rotatable bonds is 5. The molecule has 27 heavy (non-hydrogen) atoms. The summed E-state index contributed by atoms with van der Waals surface area (Å²) in [4.78, 5) is 16.5. The van der Waals surface area contributed by atoms with E-state index in [1.165, 1.54) is 5.56 Å². The van der Waals surface area contributed by atoms with E-state index in [2.05, 4.69) is 32.5 Å². The fourth-order valence-corrected chi connectivity index (χ4v) is 3.51. The maximum Gasteiger partial charge on any atom is 0.251 e. The first-order valence-electron chi connectivity index (χ1n) is 9.56. The lowest BCUT2D eigenvalue weighted by Gasteiger charge is -2.36. The second-order valence-corrected chi connectivity index (χ2v) is 6.93. The molecular formula is C20H25N5O2. The van der Waals surface area contributed by atoms with Gasteiger partial charge < -0.3 is 19.9 Å². The van der Waals surface area contributed by atoms with Crippen molar-refractivity contribution in [3.05, 3.63) is 48.0 Å². The first-order chi connectivity index (χ1) is 13.3. The van der Waals surface area contributed by atoms with Crippen molar-refractivity contribution in [2.24, 2.45) is 0 Å². The number of nitrogens with zero attached hydrogens (tertiary/aromatic N) is 4. The van der Waals surface area contributed by atoms with Crippen LogP contribution in [0.2, 0.25) is 0 Å². The zero-order valence-corrected chi connectivity index (χ0v) is 15.4. The van der Waals surface area contributed by atoms with Gasteiger partial charge in [-0.3, -0.25) is 4.79 Å². The Kier molecular flexibility index (Phi) is 5.48. The second-order valence-electron chi connectivity index (χ2n) is 6.93. The highest BCUT2D eigenvalue weighted by Crippen LogP contribution is 2.18. The SMILES string of the molecule is O=C(C1CCCO1)N1CCN(c2ccc(NCc3ccccc3)nn2)CC1. The Morgan fingerprint density at radius 2 is 1.89 bits per heavy atom. The molecule has 0 saturated carbocycles. The van der Waals surface area contributed by atoms with Crippen molar-refractivity contribution >= 4 is 17.5 Å². The average molecular weight is 367 g/mol. The number of aromatic nitrogens is 2. The smallest absolute Gasteiger partial charge is 0.251 e. The molecular weight excluding hydrogens is 342 g/mol. The molecule has 7 heteroatoms.